The second kappa shape index (κ2) is 2.88. The monoisotopic (exact) mass is 139 g/mol. The zero-order chi connectivity index (χ0) is 7.56. The van der Waals surface area contributed by atoms with Crippen molar-refractivity contribution < 1.29 is 4.42 Å². The van der Waals surface area contributed by atoms with Crippen molar-refractivity contribution in [3.8, 4) is 0 Å². The highest BCUT2D eigenvalue weighted by molar-refractivity contribution is 5.12. The van der Waals surface area contributed by atoms with Crippen molar-refractivity contribution in [1.29, 1.82) is 0 Å². The van der Waals surface area contributed by atoms with Gasteiger partial charge in [0.1, 0.15) is 5.76 Å². The molecule has 0 fully saturated rings. The van der Waals surface area contributed by atoms with E-state index in [0.717, 1.165) is 17.7 Å². The highest BCUT2D eigenvalue weighted by Crippen LogP contribution is 2.15. The molecule has 1 unspecified atom stereocenters. The normalized spacial score (nSPS) is 13.5. The van der Waals surface area contributed by atoms with E-state index in [1.807, 2.05) is 19.9 Å². The van der Waals surface area contributed by atoms with Crippen LogP contribution in [0.25, 0.3) is 0 Å². The van der Waals surface area contributed by atoms with Gasteiger partial charge in [-0.1, -0.05) is 6.92 Å². The summed E-state index contributed by atoms with van der Waals surface area (Å²) in [6, 6.07) is 2.04. The molecule has 1 aromatic rings. The van der Waals surface area contributed by atoms with Crippen molar-refractivity contribution in [1.82, 2.24) is 0 Å². The van der Waals surface area contributed by atoms with E-state index in [9.17, 15) is 0 Å². The van der Waals surface area contributed by atoms with Crippen LogP contribution in [0.4, 0.5) is 0 Å². The number of aryl methyl sites for hydroxylation is 1. The molecular weight excluding hydrogens is 126 g/mol. The van der Waals surface area contributed by atoms with Crippen LogP contribution in [0.5, 0.6) is 0 Å². The standard InChI is InChI=1S/C8H13NO/c1-3-7(9)8-4-6(2)5-10-8/h4-5,7H,3,9H2,1-2H3. The lowest BCUT2D eigenvalue weighted by Crippen LogP contribution is -2.06. The molecule has 0 amide bonds. The molecule has 2 N–H and O–H groups in total. The molecule has 56 valence electrons. The first-order valence-corrected chi connectivity index (χ1v) is 3.54. The van der Waals surface area contributed by atoms with Gasteiger partial charge in [0.15, 0.2) is 0 Å². The van der Waals surface area contributed by atoms with Crippen molar-refractivity contribution >= 4 is 0 Å². The average molecular weight is 139 g/mol. The third kappa shape index (κ3) is 1.39. The maximum absolute atomic E-state index is 5.71. The van der Waals surface area contributed by atoms with Gasteiger partial charge in [-0.3, -0.25) is 0 Å². The number of nitrogens with two attached hydrogens (primary N) is 1. The first-order chi connectivity index (χ1) is 4.74. The van der Waals surface area contributed by atoms with Crippen molar-refractivity contribution in [3.05, 3.63) is 23.7 Å². The second-order valence-electron chi connectivity index (χ2n) is 2.54. The molecule has 0 aliphatic carbocycles. The van der Waals surface area contributed by atoms with Crippen molar-refractivity contribution in [2.24, 2.45) is 5.73 Å². The Morgan fingerprint density at radius 2 is 2.40 bits per heavy atom. The van der Waals surface area contributed by atoms with Crippen LogP contribution in [0, 0.1) is 6.92 Å². The molecule has 0 saturated heterocycles. The molecule has 0 spiro atoms. The van der Waals surface area contributed by atoms with Gasteiger partial charge in [-0.2, -0.15) is 0 Å². The molecule has 1 heterocycles. The molecule has 0 saturated carbocycles. The molecule has 0 bridgehead atoms. The summed E-state index contributed by atoms with van der Waals surface area (Å²) in [7, 11) is 0. The zero-order valence-corrected chi connectivity index (χ0v) is 6.42. The topological polar surface area (TPSA) is 39.2 Å². The highest BCUT2D eigenvalue weighted by atomic mass is 16.3. The van der Waals surface area contributed by atoms with Crippen LogP contribution in [-0.2, 0) is 0 Å². The Balaban J connectivity index is 2.74. The summed E-state index contributed by atoms with van der Waals surface area (Å²) in [4.78, 5) is 0. The molecule has 2 nitrogen and oxygen atoms in total. The molecule has 1 rings (SSSR count). The van der Waals surface area contributed by atoms with Crippen LogP contribution >= 0.6 is 0 Å². The third-order valence-electron chi connectivity index (χ3n) is 1.56. The lowest BCUT2D eigenvalue weighted by molar-refractivity contribution is 0.460. The number of furan rings is 1. The first kappa shape index (κ1) is 7.35. The second-order valence-corrected chi connectivity index (χ2v) is 2.54. The van der Waals surface area contributed by atoms with Gasteiger partial charge in [0.05, 0.1) is 12.3 Å². The molecule has 0 radical (unpaired) electrons. The fraction of sp³-hybridized carbons (Fsp3) is 0.500. The minimum atomic E-state index is 0.0636. The van der Waals surface area contributed by atoms with E-state index in [2.05, 4.69) is 0 Å². The first-order valence-electron chi connectivity index (χ1n) is 3.54. The van der Waals surface area contributed by atoms with Gasteiger partial charge in [-0.15, -0.1) is 0 Å². The van der Waals surface area contributed by atoms with Crippen LogP contribution < -0.4 is 5.73 Å². The lowest BCUT2D eigenvalue weighted by Gasteiger charge is -2.01. The van der Waals surface area contributed by atoms with Crippen molar-refractivity contribution in [2.75, 3.05) is 0 Å². The summed E-state index contributed by atoms with van der Waals surface area (Å²) in [5.74, 6) is 0.889. The van der Waals surface area contributed by atoms with Crippen LogP contribution in [0.15, 0.2) is 16.7 Å². The molecule has 10 heavy (non-hydrogen) atoms. The quantitative estimate of drug-likeness (QED) is 0.680. The van der Waals surface area contributed by atoms with Crippen LogP contribution in [0.1, 0.15) is 30.7 Å². The van der Waals surface area contributed by atoms with E-state index < -0.39 is 0 Å². The predicted molar refractivity (Wildman–Crippen MR) is 40.7 cm³/mol. The zero-order valence-electron chi connectivity index (χ0n) is 6.42. The predicted octanol–water partition coefficient (Wildman–Crippen LogP) is 2.00. The Kier molecular flexibility index (Phi) is 2.12. The fourth-order valence-electron chi connectivity index (χ4n) is 0.849. The number of hydrogen-bond donors (Lipinski definition) is 1. The average Bonchev–Trinajstić information content (AvgIpc) is 2.34. The Bertz CT molecular complexity index is 205. The summed E-state index contributed by atoms with van der Waals surface area (Å²) in [5, 5.41) is 0. The summed E-state index contributed by atoms with van der Waals surface area (Å²) >= 11 is 0. The van der Waals surface area contributed by atoms with E-state index in [1.54, 1.807) is 6.26 Å². The highest BCUT2D eigenvalue weighted by Gasteiger charge is 2.05. The SMILES string of the molecule is CCC(N)c1cc(C)co1. The van der Waals surface area contributed by atoms with Gasteiger partial charge in [-0.25, -0.2) is 0 Å². The molecule has 0 aliphatic rings. The van der Waals surface area contributed by atoms with E-state index in [1.165, 1.54) is 0 Å². The number of rotatable bonds is 2. The smallest absolute Gasteiger partial charge is 0.120 e. The molecular formula is C8H13NO. The van der Waals surface area contributed by atoms with Crippen molar-refractivity contribution in [3.63, 3.8) is 0 Å². The summed E-state index contributed by atoms with van der Waals surface area (Å²) in [6.07, 6.45) is 2.65. The maximum atomic E-state index is 5.71. The van der Waals surface area contributed by atoms with Crippen molar-refractivity contribution in [2.45, 2.75) is 26.3 Å². The van der Waals surface area contributed by atoms with Gasteiger partial charge in [0, 0.05) is 0 Å². The molecule has 1 atom stereocenters. The third-order valence-corrected chi connectivity index (χ3v) is 1.56. The van der Waals surface area contributed by atoms with Gasteiger partial charge in [0.25, 0.3) is 0 Å². The van der Waals surface area contributed by atoms with Gasteiger partial charge in [0.2, 0.25) is 0 Å². The minimum Gasteiger partial charge on any atom is -0.467 e. The Morgan fingerprint density at radius 1 is 1.70 bits per heavy atom. The Hall–Kier alpha value is -0.760. The van der Waals surface area contributed by atoms with E-state index >= 15 is 0 Å². The molecule has 2 heteroatoms. The molecule has 0 aromatic carbocycles. The lowest BCUT2D eigenvalue weighted by atomic mass is 10.2. The Morgan fingerprint density at radius 3 is 2.80 bits per heavy atom. The fourth-order valence-corrected chi connectivity index (χ4v) is 0.849. The van der Waals surface area contributed by atoms with Gasteiger partial charge in [-0.05, 0) is 25.0 Å². The molecule has 1 aromatic heterocycles. The maximum Gasteiger partial charge on any atom is 0.120 e. The Labute approximate surface area is 61.0 Å². The van der Waals surface area contributed by atoms with E-state index in [-0.39, 0.29) is 6.04 Å². The van der Waals surface area contributed by atoms with Gasteiger partial charge >= 0.3 is 0 Å². The van der Waals surface area contributed by atoms with Crippen LogP contribution in [0.2, 0.25) is 0 Å². The largest absolute Gasteiger partial charge is 0.467 e. The summed E-state index contributed by atoms with van der Waals surface area (Å²) in [5.41, 5.74) is 6.85. The van der Waals surface area contributed by atoms with Crippen LogP contribution in [-0.4, -0.2) is 0 Å². The molecule has 0 aliphatic heterocycles. The van der Waals surface area contributed by atoms with E-state index in [0.29, 0.717) is 0 Å². The minimum absolute atomic E-state index is 0.0636. The number of hydrogen-bond acceptors (Lipinski definition) is 2. The van der Waals surface area contributed by atoms with E-state index in [4.69, 9.17) is 10.2 Å². The summed E-state index contributed by atoms with van der Waals surface area (Å²) in [6.45, 7) is 4.04. The van der Waals surface area contributed by atoms with Gasteiger partial charge < -0.3 is 10.2 Å². The van der Waals surface area contributed by atoms with Crippen LogP contribution in [0.3, 0.4) is 0 Å². The summed E-state index contributed by atoms with van der Waals surface area (Å²) < 4.78 is 5.19.